The van der Waals surface area contributed by atoms with Gasteiger partial charge in [0, 0.05) is 71.9 Å². The van der Waals surface area contributed by atoms with Crippen molar-refractivity contribution in [1.82, 2.24) is 30.0 Å². The van der Waals surface area contributed by atoms with E-state index in [0.29, 0.717) is 48.3 Å². The Bertz CT molecular complexity index is 2220. The summed E-state index contributed by atoms with van der Waals surface area (Å²) in [6, 6.07) is 13.6. The number of unbranched alkanes of at least 4 members (excludes halogenated alkanes) is 2. The first kappa shape index (κ1) is 40.8. The molecule has 0 spiro atoms. The van der Waals surface area contributed by atoms with Crippen molar-refractivity contribution in [2.24, 2.45) is 0 Å². The lowest BCUT2D eigenvalue weighted by molar-refractivity contribution is -0.137. The highest BCUT2D eigenvalue weighted by molar-refractivity contribution is 9.10. The van der Waals surface area contributed by atoms with E-state index in [1.165, 1.54) is 11.0 Å². The van der Waals surface area contributed by atoms with Gasteiger partial charge in [0.25, 0.3) is 5.91 Å². The molecule has 14 nitrogen and oxygen atoms in total. The molecule has 7 rings (SSSR count). The molecule has 0 saturated carbocycles. The van der Waals surface area contributed by atoms with Crippen molar-refractivity contribution in [2.75, 3.05) is 63.6 Å². The van der Waals surface area contributed by atoms with Gasteiger partial charge in [-0.05, 0) is 82.0 Å². The summed E-state index contributed by atoms with van der Waals surface area (Å²) in [7, 11) is 1.63. The molecule has 3 aromatic carbocycles. The molecule has 58 heavy (non-hydrogen) atoms. The monoisotopic (exact) mass is 858 g/mol. The predicted octanol–water partition coefficient (Wildman–Crippen LogP) is 5.59. The molecule has 1 aromatic heterocycles. The lowest BCUT2D eigenvalue weighted by Gasteiger charge is -2.35. The van der Waals surface area contributed by atoms with Gasteiger partial charge in [0.1, 0.15) is 23.5 Å². The van der Waals surface area contributed by atoms with E-state index in [4.69, 9.17) is 14.5 Å². The minimum Gasteiger partial charge on any atom is -0.493 e. The smallest absolute Gasteiger partial charge is 0.255 e. The quantitative estimate of drug-likeness (QED) is 0.101. The molecule has 3 N–H and O–H groups in total. The van der Waals surface area contributed by atoms with Gasteiger partial charge in [-0.25, -0.2) is 14.4 Å². The molecule has 0 radical (unpaired) electrons. The average molecular weight is 860 g/mol. The maximum atomic E-state index is 14.6. The van der Waals surface area contributed by atoms with E-state index in [0.717, 1.165) is 71.7 Å². The van der Waals surface area contributed by atoms with E-state index in [1.54, 1.807) is 12.0 Å². The van der Waals surface area contributed by atoms with Gasteiger partial charge in [0.15, 0.2) is 11.5 Å². The molecule has 4 amide bonds. The van der Waals surface area contributed by atoms with Gasteiger partial charge in [-0.1, -0.05) is 28.1 Å². The summed E-state index contributed by atoms with van der Waals surface area (Å²) < 4.78 is 27.5. The maximum Gasteiger partial charge on any atom is 0.255 e. The molecular formula is C42H48BrFN8O6. The molecular weight excluding hydrogens is 811 g/mol. The van der Waals surface area contributed by atoms with Crippen LogP contribution >= 0.6 is 15.9 Å². The van der Waals surface area contributed by atoms with Crippen LogP contribution in [0, 0.1) is 12.7 Å². The fourth-order valence-corrected chi connectivity index (χ4v) is 8.20. The van der Waals surface area contributed by atoms with Crippen molar-refractivity contribution in [3.05, 3.63) is 81.3 Å². The van der Waals surface area contributed by atoms with E-state index in [9.17, 15) is 23.6 Å². The first-order valence-corrected chi connectivity index (χ1v) is 20.5. The minimum absolute atomic E-state index is 0.0132. The van der Waals surface area contributed by atoms with E-state index in [-0.39, 0.29) is 49.4 Å². The van der Waals surface area contributed by atoms with Crippen LogP contribution in [0.25, 0.3) is 10.9 Å². The Morgan fingerprint density at radius 1 is 1.03 bits per heavy atom. The SMILES string of the molecule is COc1cc2c(N[C@H](C)c3cccc(Br)c3)nc(C)nc2cc1OCCCCCN1CCN(C(=O)CNc2cc(F)cc3c2CN(C2CCC(=O)NC2=O)C3=O)CC1. The van der Waals surface area contributed by atoms with Crippen LogP contribution < -0.4 is 25.4 Å². The third-order valence-corrected chi connectivity index (χ3v) is 11.4. The third-order valence-electron chi connectivity index (χ3n) is 10.9. The Morgan fingerprint density at radius 3 is 2.60 bits per heavy atom. The van der Waals surface area contributed by atoms with Crippen LogP contribution in [0.2, 0.25) is 0 Å². The Morgan fingerprint density at radius 2 is 1.84 bits per heavy atom. The summed E-state index contributed by atoms with van der Waals surface area (Å²) in [6.45, 7) is 8.11. The highest BCUT2D eigenvalue weighted by Gasteiger charge is 2.40. The number of nitrogens with one attached hydrogen (secondary N) is 3. The number of carbonyl (C=O) groups is 4. The van der Waals surface area contributed by atoms with Crippen molar-refractivity contribution in [1.29, 1.82) is 0 Å². The number of carbonyl (C=O) groups excluding carboxylic acids is 4. The summed E-state index contributed by atoms with van der Waals surface area (Å²) in [5.41, 5.74) is 2.94. The molecule has 2 fully saturated rings. The summed E-state index contributed by atoms with van der Waals surface area (Å²) in [5.74, 6) is 0.526. The maximum absolute atomic E-state index is 14.6. The van der Waals surface area contributed by atoms with Gasteiger partial charge in [-0.2, -0.15) is 0 Å². The summed E-state index contributed by atoms with van der Waals surface area (Å²) in [4.78, 5) is 65.3. The van der Waals surface area contributed by atoms with Crippen LogP contribution in [0.15, 0.2) is 53.0 Å². The Kier molecular flexibility index (Phi) is 12.7. The first-order valence-electron chi connectivity index (χ1n) is 19.7. The molecule has 0 bridgehead atoms. The number of benzene rings is 3. The van der Waals surface area contributed by atoms with E-state index in [2.05, 4.69) is 60.8 Å². The zero-order chi connectivity index (χ0) is 40.9. The van der Waals surface area contributed by atoms with Gasteiger partial charge in [-0.15, -0.1) is 0 Å². The summed E-state index contributed by atoms with van der Waals surface area (Å²) in [5, 5.41) is 9.71. The van der Waals surface area contributed by atoms with Crippen LogP contribution in [0.3, 0.4) is 0 Å². The lowest BCUT2D eigenvalue weighted by Crippen LogP contribution is -2.52. The van der Waals surface area contributed by atoms with Crippen molar-refractivity contribution in [2.45, 2.75) is 64.6 Å². The number of anilines is 2. The first-order chi connectivity index (χ1) is 28.0. The number of methoxy groups -OCH3 is 1. The van der Waals surface area contributed by atoms with Crippen molar-refractivity contribution in [3.8, 4) is 11.5 Å². The molecule has 306 valence electrons. The largest absolute Gasteiger partial charge is 0.493 e. The standard InChI is InChI=1S/C42H48BrFN8O6/c1-25(27-8-7-9-28(43)18-27)46-40-31-21-36(57-3)37(22-34(31)47-26(2)48-40)58-17-6-4-5-12-50-13-15-51(16-14-50)39(54)23-45-33-20-29(44)19-30-32(33)24-52(42(30)56)35-10-11-38(53)49-41(35)55/h7-9,18-22,25,35,45H,4-6,10-17,23-24H2,1-3H3,(H,46,47,48)(H,49,53,55)/t25-,35?/m1/s1. The normalized spacial score (nSPS) is 17.6. The number of aromatic nitrogens is 2. The van der Waals surface area contributed by atoms with E-state index >= 15 is 0 Å². The zero-order valence-electron chi connectivity index (χ0n) is 32.9. The summed E-state index contributed by atoms with van der Waals surface area (Å²) >= 11 is 3.56. The van der Waals surface area contributed by atoms with Crippen LogP contribution in [-0.2, 0) is 20.9 Å². The van der Waals surface area contributed by atoms with Crippen molar-refractivity contribution >= 4 is 62.0 Å². The average Bonchev–Trinajstić information content (AvgIpc) is 3.53. The second-order valence-electron chi connectivity index (χ2n) is 14.9. The number of halogens is 2. The predicted molar refractivity (Wildman–Crippen MR) is 220 cm³/mol. The lowest BCUT2D eigenvalue weighted by atomic mass is 10.0. The molecule has 16 heteroatoms. The highest BCUT2D eigenvalue weighted by Crippen LogP contribution is 2.36. The fraction of sp³-hybridized carbons (Fsp3) is 0.429. The molecule has 3 aliphatic rings. The van der Waals surface area contributed by atoms with Crippen LogP contribution in [-0.4, -0.2) is 107 Å². The van der Waals surface area contributed by atoms with Crippen molar-refractivity contribution < 1.29 is 33.0 Å². The van der Waals surface area contributed by atoms with Crippen LogP contribution in [0.5, 0.6) is 11.5 Å². The van der Waals surface area contributed by atoms with E-state index in [1.807, 2.05) is 31.2 Å². The molecule has 2 atom stereocenters. The highest BCUT2D eigenvalue weighted by atomic mass is 79.9. The molecule has 0 aliphatic carbocycles. The number of fused-ring (bicyclic) bond motifs is 2. The van der Waals surface area contributed by atoms with Gasteiger partial charge in [0.2, 0.25) is 17.7 Å². The molecule has 4 aromatic rings. The number of hydrogen-bond donors (Lipinski definition) is 3. The molecule has 3 aliphatic heterocycles. The number of nitrogens with zero attached hydrogens (tertiary/aromatic N) is 5. The number of piperidine rings is 1. The Balaban J connectivity index is 0.839. The number of piperazine rings is 1. The van der Waals surface area contributed by atoms with Crippen LogP contribution in [0.4, 0.5) is 15.9 Å². The molecule has 1 unspecified atom stereocenters. The number of ether oxygens (including phenoxy) is 2. The number of imide groups is 1. The van der Waals surface area contributed by atoms with Gasteiger partial charge in [0.05, 0.1) is 31.8 Å². The minimum atomic E-state index is -0.810. The van der Waals surface area contributed by atoms with Gasteiger partial charge in [-0.3, -0.25) is 29.4 Å². The third kappa shape index (κ3) is 9.34. The Labute approximate surface area is 345 Å². The number of amides is 4. The Hall–Kier alpha value is -5.35. The number of rotatable bonds is 15. The topological polar surface area (TPSA) is 158 Å². The van der Waals surface area contributed by atoms with Crippen molar-refractivity contribution in [3.63, 3.8) is 0 Å². The number of hydrogen-bond acceptors (Lipinski definition) is 11. The van der Waals surface area contributed by atoms with Gasteiger partial charge >= 0.3 is 0 Å². The van der Waals surface area contributed by atoms with Crippen LogP contribution in [0.1, 0.15) is 72.4 Å². The second-order valence-corrected chi connectivity index (χ2v) is 15.8. The molecule has 2 saturated heterocycles. The van der Waals surface area contributed by atoms with E-state index < -0.39 is 23.7 Å². The fourth-order valence-electron chi connectivity index (χ4n) is 7.78. The molecule has 4 heterocycles. The van der Waals surface area contributed by atoms with Gasteiger partial charge < -0.3 is 29.9 Å². The number of aryl methyl sites for hydroxylation is 1. The zero-order valence-corrected chi connectivity index (χ0v) is 34.5. The summed E-state index contributed by atoms with van der Waals surface area (Å²) in [6.07, 6.45) is 3.17. The second kappa shape index (κ2) is 18.1.